The second-order valence-electron chi connectivity index (χ2n) is 4.10. The van der Waals surface area contributed by atoms with Crippen LogP contribution in [0.5, 0.6) is 0 Å². The van der Waals surface area contributed by atoms with Gasteiger partial charge in [0.15, 0.2) is 0 Å². The molecule has 0 unspecified atom stereocenters. The summed E-state index contributed by atoms with van der Waals surface area (Å²) in [5.74, 6) is 0. The minimum Gasteiger partial charge on any atom is -0.391 e. The minimum absolute atomic E-state index is 0.166. The van der Waals surface area contributed by atoms with E-state index in [0.717, 1.165) is 5.69 Å². The van der Waals surface area contributed by atoms with E-state index in [1.165, 1.54) is 11.3 Å². The summed E-state index contributed by atoms with van der Waals surface area (Å²) in [5.41, 5.74) is 1.41. The van der Waals surface area contributed by atoms with E-state index in [2.05, 4.69) is 9.82 Å². The zero-order valence-electron chi connectivity index (χ0n) is 10.6. The molecule has 0 aliphatic heterocycles. The molecule has 0 saturated heterocycles. The van der Waals surface area contributed by atoms with Gasteiger partial charge in [-0.1, -0.05) is 0 Å². The van der Waals surface area contributed by atoms with E-state index in [-0.39, 0.29) is 18.0 Å². The van der Waals surface area contributed by atoms with Gasteiger partial charge in [0, 0.05) is 13.2 Å². The van der Waals surface area contributed by atoms with Crippen molar-refractivity contribution >= 4 is 21.4 Å². The number of hydrogen-bond donors (Lipinski definition) is 2. The van der Waals surface area contributed by atoms with Crippen molar-refractivity contribution < 1.29 is 13.5 Å². The molecule has 0 radical (unpaired) electrons. The van der Waals surface area contributed by atoms with Gasteiger partial charge in [-0.2, -0.15) is 5.10 Å². The minimum atomic E-state index is -3.62. The summed E-state index contributed by atoms with van der Waals surface area (Å²) in [6, 6.07) is 1.75. The molecular formula is C11H15N3O3S2. The SMILES string of the molecule is Cc1csc(CO)c1S(=O)(=O)NCc1ccnn1C. The summed E-state index contributed by atoms with van der Waals surface area (Å²) in [4.78, 5) is 0.636. The van der Waals surface area contributed by atoms with Crippen molar-refractivity contribution in [3.05, 3.63) is 33.8 Å². The third-order valence-corrected chi connectivity index (χ3v) is 5.62. The Balaban J connectivity index is 2.23. The largest absolute Gasteiger partial charge is 0.391 e. The molecule has 0 aliphatic carbocycles. The first-order valence-corrected chi connectivity index (χ1v) is 7.96. The van der Waals surface area contributed by atoms with Crippen LogP contribution in [0, 0.1) is 6.92 Å². The molecular weight excluding hydrogens is 286 g/mol. The Morgan fingerprint density at radius 2 is 2.26 bits per heavy atom. The Kier molecular flexibility index (Phi) is 4.04. The average molecular weight is 301 g/mol. The molecule has 2 aromatic rings. The fraction of sp³-hybridized carbons (Fsp3) is 0.364. The summed E-state index contributed by atoms with van der Waals surface area (Å²) < 4.78 is 28.6. The Hall–Kier alpha value is -1.22. The summed E-state index contributed by atoms with van der Waals surface area (Å²) in [5, 5.41) is 14.9. The van der Waals surface area contributed by atoms with Gasteiger partial charge >= 0.3 is 0 Å². The van der Waals surface area contributed by atoms with E-state index in [1.54, 1.807) is 36.3 Å². The Morgan fingerprint density at radius 1 is 1.53 bits per heavy atom. The van der Waals surface area contributed by atoms with E-state index >= 15 is 0 Å². The first-order valence-electron chi connectivity index (χ1n) is 5.60. The third kappa shape index (κ3) is 2.86. The zero-order valence-corrected chi connectivity index (χ0v) is 12.3. The van der Waals surface area contributed by atoms with Crippen LogP contribution in [0.15, 0.2) is 22.5 Å². The van der Waals surface area contributed by atoms with Crippen LogP contribution in [0.25, 0.3) is 0 Å². The summed E-state index contributed by atoms with van der Waals surface area (Å²) in [6.45, 7) is 1.60. The van der Waals surface area contributed by atoms with Gasteiger partial charge in [-0.25, -0.2) is 13.1 Å². The number of nitrogens with zero attached hydrogens (tertiary/aromatic N) is 2. The number of aliphatic hydroxyl groups is 1. The van der Waals surface area contributed by atoms with Crippen LogP contribution < -0.4 is 4.72 Å². The first kappa shape index (κ1) is 14.2. The molecule has 0 amide bonds. The fourth-order valence-electron chi connectivity index (χ4n) is 1.77. The molecule has 2 rings (SSSR count). The number of rotatable bonds is 5. The van der Waals surface area contributed by atoms with Crippen molar-refractivity contribution in [3.8, 4) is 0 Å². The molecule has 8 heteroatoms. The Labute approximate surface area is 115 Å². The third-order valence-electron chi connectivity index (χ3n) is 2.77. The fourth-order valence-corrected chi connectivity index (χ4v) is 4.43. The molecule has 6 nitrogen and oxygen atoms in total. The van der Waals surface area contributed by atoms with Crippen molar-refractivity contribution in [3.63, 3.8) is 0 Å². The summed E-state index contributed by atoms with van der Waals surface area (Å²) in [6.07, 6.45) is 1.61. The highest BCUT2D eigenvalue weighted by atomic mass is 32.2. The normalized spacial score (nSPS) is 11.9. The topological polar surface area (TPSA) is 84.2 Å². The Morgan fingerprint density at radius 3 is 2.84 bits per heavy atom. The van der Waals surface area contributed by atoms with Gasteiger partial charge in [0.2, 0.25) is 10.0 Å². The van der Waals surface area contributed by atoms with Gasteiger partial charge in [-0.05, 0) is 23.9 Å². The highest BCUT2D eigenvalue weighted by Crippen LogP contribution is 2.26. The number of hydrogen-bond acceptors (Lipinski definition) is 5. The zero-order chi connectivity index (χ0) is 14.0. The molecule has 0 aromatic carbocycles. The van der Waals surface area contributed by atoms with Crippen molar-refractivity contribution in [1.82, 2.24) is 14.5 Å². The maximum Gasteiger partial charge on any atom is 0.242 e. The molecule has 2 heterocycles. The van der Waals surface area contributed by atoms with E-state index in [1.807, 2.05) is 0 Å². The van der Waals surface area contributed by atoms with Gasteiger partial charge < -0.3 is 5.11 Å². The van der Waals surface area contributed by atoms with E-state index in [9.17, 15) is 13.5 Å². The monoisotopic (exact) mass is 301 g/mol. The van der Waals surface area contributed by atoms with Crippen LogP contribution in [0.3, 0.4) is 0 Å². The van der Waals surface area contributed by atoms with Gasteiger partial charge in [0.25, 0.3) is 0 Å². The van der Waals surface area contributed by atoms with Crippen molar-refractivity contribution in [2.24, 2.45) is 7.05 Å². The second kappa shape index (κ2) is 5.41. The molecule has 0 bridgehead atoms. The molecule has 0 aliphatic rings. The molecule has 2 N–H and O–H groups in total. The second-order valence-corrected chi connectivity index (χ2v) is 6.77. The number of aliphatic hydroxyl groups excluding tert-OH is 1. The number of aromatic nitrogens is 2. The van der Waals surface area contributed by atoms with Crippen molar-refractivity contribution in [1.29, 1.82) is 0 Å². The van der Waals surface area contributed by atoms with E-state index in [4.69, 9.17) is 0 Å². The van der Waals surface area contributed by atoms with Crippen LogP contribution in [0.4, 0.5) is 0 Å². The molecule has 0 spiro atoms. The van der Waals surface area contributed by atoms with E-state index in [0.29, 0.717) is 10.4 Å². The van der Waals surface area contributed by atoms with Gasteiger partial charge in [-0.3, -0.25) is 4.68 Å². The molecule has 19 heavy (non-hydrogen) atoms. The molecule has 104 valence electrons. The predicted octanol–water partition coefficient (Wildman–Crippen LogP) is 0.761. The van der Waals surface area contributed by atoms with E-state index < -0.39 is 10.0 Å². The Bertz CT molecular complexity index is 673. The highest BCUT2D eigenvalue weighted by Gasteiger charge is 2.22. The molecule has 0 fully saturated rings. The number of thiophene rings is 1. The van der Waals surface area contributed by atoms with Gasteiger partial charge in [-0.15, -0.1) is 11.3 Å². The summed E-state index contributed by atoms with van der Waals surface area (Å²) in [7, 11) is -1.88. The quantitative estimate of drug-likeness (QED) is 0.854. The number of aryl methyl sites for hydroxylation is 2. The lowest BCUT2D eigenvalue weighted by Gasteiger charge is -2.08. The lowest BCUT2D eigenvalue weighted by molar-refractivity contribution is 0.282. The molecule has 2 aromatic heterocycles. The van der Waals surface area contributed by atoms with Gasteiger partial charge in [0.05, 0.1) is 23.7 Å². The molecule has 0 saturated carbocycles. The predicted molar refractivity (Wildman–Crippen MR) is 72.2 cm³/mol. The smallest absolute Gasteiger partial charge is 0.242 e. The first-order chi connectivity index (χ1) is 8.95. The van der Waals surface area contributed by atoms with Crippen LogP contribution >= 0.6 is 11.3 Å². The van der Waals surface area contributed by atoms with Crippen LogP contribution in [-0.2, 0) is 30.2 Å². The highest BCUT2D eigenvalue weighted by molar-refractivity contribution is 7.89. The van der Waals surface area contributed by atoms with Crippen molar-refractivity contribution in [2.45, 2.75) is 25.0 Å². The van der Waals surface area contributed by atoms with Crippen LogP contribution in [0.2, 0.25) is 0 Å². The van der Waals surface area contributed by atoms with Crippen LogP contribution in [0.1, 0.15) is 16.1 Å². The maximum atomic E-state index is 12.3. The standard InChI is InChI=1S/C11H15N3O3S2/c1-8-7-18-10(6-15)11(8)19(16,17)13-5-9-3-4-12-14(9)2/h3-4,7,13,15H,5-6H2,1-2H3. The number of sulfonamides is 1. The lowest BCUT2D eigenvalue weighted by atomic mass is 10.3. The summed E-state index contributed by atoms with van der Waals surface area (Å²) >= 11 is 1.24. The van der Waals surface area contributed by atoms with Crippen molar-refractivity contribution in [2.75, 3.05) is 0 Å². The number of nitrogens with one attached hydrogen (secondary N) is 1. The van der Waals surface area contributed by atoms with Gasteiger partial charge in [0.1, 0.15) is 4.90 Å². The van der Waals surface area contributed by atoms with Crippen LogP contribution in [-0.4, -0.2) is 23.3 Å². The lowest BCUT2D eigenvalue weighted by Crippen LogP contribution is -2.25. The average Bonchev–Trinajstić information content (AvgIpc) is 2.93. The maximum absolute atomic E-state index is 12.3. The molecule has 0 atom stereocenters.